The number of fused-ring (bicyclic) bond motifs is 3. The van der Waals surface area contributed by atoms with Gasteiger partial charge in [-0.15, -0.1) is 0 Å². The molecule has 0 bridgehead atoms. The van der Waals surface area contributed by atoms with Gasteiger partial charge in [0.1, 0.15) is 11.6 Å². The molecule has 0 saturated heterocycles. The Labute approximate surface area is 143 Å². The Hall–Kier alpha value is -0.670. The van der Waals surface area contributed by atoms with Gasteiger partial charge in [0.25, 0.3) is 0 Å². The Kier molecular flexibility index (Phi) is 4.25. The lowest BCUT2D eigenvalue weighted by molar-refractivity contribution is -0.160. The van der Waals surface area contributed by atoms with Crippen molar-refractivity contribution >= 4 is 23.2 Å². The van der Waals surface area contributed by atoms with Gasteiger partial charge in [-0.1, -0.05) is 31.5 Å². The van der Waals surface area contributed by atoms with Crippen molar-refractivity contribution < 1.29 is 14.7 Å². The summed E-state index contributed by atoms with van der Waals surface area (Å²) in [7, 11) is 0. The summed E-state index contributed by atoms with van der Waals surface area (Å²) in [6.07, 6.45) is 5.54. The average molecular weight is 339 g/mol. The van der Waals surface area contributed by atoms with Gasteiger partial charge >= 0.3 is 0 Å². The Balaban J connectivity index is 1.98. The molecule has 0 heterocycles. The SMILES string of the molecule is C/C(Cl)=C\C[C@@]1(C)C(=O)CC[C@H]2[C@@H]3CC[C@H](O)[C@@]3(C)CC(=O)[C@@H]21. The lowest BCUT2D eigenvalue weighted by Gasteiger charge is -2.53. The molecule has 4 heteroatoms. The van der Waals surface area contributed by atoms with E-state index in [0.29, 0.717) is 30.2 Å². The minimum Gasteiger partial charge on any atom is -0.393 e. The summed E-state index contributed by atoms with van der Waals surface area (Å²) in [6, 6.07) is 0. The molecule has 0 spiro atoms. The number of carbonyl (C=O) groups is 2. The van der Waals surface area contributed by atoms with Crippen LogP contribution in [-0.2, 0) is 9.59 Å². The smallest absolute Gasteiger partial charge is 0.139 e. The fraction of sp³-hybridized carbons (Fsp3) is 0.789. The molecular formula is C19H27ClO3. The van der Waals surface area contributed by atoms with Crippen LogP contribution in [0.1, 0.15) is 59.3 Å². The van der Waals surface area contributed by atoms with Crippen LogP contribution in [0, 0.1) is 28.6 Å². The second kappa shape index (κ2) is 5.70. The molecule has 0 aliphatic heterocycles. The van der Waals surface area contributed by atoms with Gasteiger partial charge in [-0.25, -0.2) is 0 Å². The van der Waals surface area contributed by atoms with Gasteiger partial charge in [0.05, 0.1) is 6.10 Å². The molecule has 23 heavy (non-hydrogen) atoms. The highest BCUT2D eigenvalue weighted by Crippen LogP contribution is 2.61. The highest BCUT2D eigenvalue weighted by molar-refractivity contribution is 6.29. The van der Waals surface area contributed by atoms with Crippen LogP contribution in [0.4, 0.5) is 0 Å². The largest absolute Gasteiger partial charge is 0.393 e. The molecule has 0 aromatic heterocycles. The maximum absolute atomic E-state index is 13.0. The van der Waals surface area contributed by atoms with Crippen LogP contribution in [-0.4, -0.2) is 22.8 Å². The summed E-state index contributed by atoms with van der Waals surface area (Å²) in [5.74, 6) is 0.743. The number of ketones is 2. The zero-order valence-electron chi connectivity index (χ0n) is 14.3. The third-order valence-corrected chi connectivity index (χ3v) is 7.20. The molecule has 3 saturated carbocycles. The van der Waals surface area contributed by atoms with Crippen LogP contribution in [0.25, 0.3) is 0 Å². The Morgan fingerprint density at radius 3 is 2.65 bits per heavy atom. The third kappa shape index (κ3) is 2.51. The van der Waals surface area contributed by atoms with Gasteiger partial charge < -0.3 is 5.11 Å². The van der Waals surface area contributed by atoms with Crippen LogP contribution in [0.15, 0.2) is 11.1 Å². The van der Waals surface area contributed by atoms with Gasteiger partial charge in [0.2, 0.25) is 0 Å². The second-order valence-corrected chi connectivity index (χ2v) is 8.96. The zero-order chi connectivity index (χ0) is 17.0. The van der Waals surface area contributed by atoms with Crippen molar-refractivity contribution in [2.45, 2.75) is 65.4 Å². The lowest BCUT2D eigenvalue weighted by atomic mass is 9.48. The van der Waals surface area contributed by atoms with Crippen molar-refractivity contribution in [1.82, 2.24) is 0 Å². The molecule has 3 aliphatic rings. The van der Waals surface area contributed by atoms with E-state index in [1.165, 1.54) is 0 Å². The minimum atomic E-state index is -0.634. The van der Waals surface area contributed by atoms with Gasteiger partial charge in [0, 0.05) is 34.6 Å². The van der Waals surface area contributed by atoms with Crippen LogP contribution in [0.5, 0.6) is 0 Å². The topological polar surface area (TPSA) is 54.4 Å². The monoisotopic (exact) mass is 338 g/mol. The van der Waals surface area contributed by atoms with Crippen LogP contribution < -0.4 is 0 Å². The normalized spacial score (nSPS) is 47.4. The van der Waals surface area contributed by atoms with E-state index < -0.39 is 5.41 Å². The molecule has 0 amide bonds. The van der Waals surface area contributed by atoms with Crippen molar-refractivity contribution in [2.75, 3.05) is 0 Å². The van der Waals surface area contributed by atoms with Crippen LogP contribution >= 0.6 is 11.6 Å². The van der Waals surface area contributed by atoms with Crippen LogP contribution in [0.3, 0.4) is 0 Å². The van der Waals surface area contributed by atoms with E-state index in [1.54, 1.807) is 0 Å². The number of aliphatic hydroxyl groups is 1. The van der Waals surface area contributed by atoms with E-state index in [4.69, 9.17) is 11.6 Å². The van der Waals surface area contributed by atoms with E-state index in [-0.39, 0.29) is 34.9 Å². The van der Waals surface area contributed by atoms with Gasteiger partial charge in [0.15, 0.2) is 0 Å². The Morgan fingerprint density at radius 2 is 2.00 bits per heavy atom. The number of carbonyl (C=O) groups excluding carboxylic acids is 2. The van der Waals surface area contributed by atoms with Crippen molar-refractivity contribution in [3.63, 3.8) is 0 Å². The molecule has 0 aromatic carbocycles. The zero-order valence-corrected chi connectivity index (χ0v) is 15.0. The Bertz CT molecular complexity index is 565. The van der Waals surface area contributed by atoms with Gasteiger partial charge in [-0.2, -0.15) is 0 Å². The number of hydrogen-bond acceptors (Lipinski definition) is 3. The first kappa shape index (κ1) is 17.2. The summed E-state index contributed by atoms with van der Waals surface area (Å²) in [5.41, 5.74) is -0.928. The van der Waals surface area contributed by atoms with E-state index >= 15 is 0 Å². The van der Waals surface area contributed by atoms with Crippen molar-refractivity contribution in [3.05, 3.63) is 11.1 Å². The molecule has 128 valence electrons. The second-order valence-electron chi connectivity index (χ2n) is 8.36. The molecule has 3 fully saturated rings. The number of Topliss-reactive ketones (excluding diaryl/α,β-unsaturated/α-hetero) is 2. The van der Waals surface area contributed by atoms with Gasteiger partial charge in [-0.3, -0.25) is 9.59 Å². The number of aliphatic hydroxyl groups excluding tert-OH is 1. The molecule has 3 rings (SSSR count). The number of halogens is 1. The van der Waals surface area contributed by atoms with E-state index in [9.17, 15) is 14.7 Å². The fourth-order valence-corrected chi connectivity index (χ4v) is 5.78. The summed E-state index contributed by atoms with van der Waals surface area (Å²) >= 11 is 5.98. The Morgan fingerprint density at radius 1 is 1.30 bits per heavy atom. The highest BCUT2D eigenvalue weighted by Gasteiger charge is 2.62. The highest BCUT2D eigenvalue weighted by atomic mass is 35.5. The molecule has 6 atom stereocenters. The van der Waals surface area contributed by atoms with E-state index in [2.05, 4.69) is 6.92 Å². The summed E-state index contributed by atoms with van der Waals surface area (Å²) in [5, 5.41) is 11.1. The maximum atomic E-state index is 13.0. The molecule has 0 aromatic rings. The summed E-state index contributed by atoms with van der Waals surface area (Å²) in [6.45, 7) is 5.83. The molecule has 0 radical (unpaired) electrons. The van der Waals surface area contributed by atoms with Crippen molar-refractivity contribution in [1.29, 1.82) is 0 Å². The first-order valence-electron chi connectivity index (χ1n) is 8.76. The molecule has 1 N–H and O–H groups in total. The fourth-order valence-electron chi connectivity index (χ4n) is 5.70. The minimum absolute atomic E-state index is 0.172. The maximum Gasteiger partial charge on any atom is 0.139 e. The quantitative estimate of drug-likeness (QED) is 0.831. The molecule has 3 aliphatic carbocycles. The summed E-state index contributed by atoms with van der Waals surface area (Å²) < 4.78 is 0. The predicted molar refractivity (Wildman–Crippen MR) is 90.0 cm³/mol. The van der Waals surface area contributed by atoms with Gasteiger partial charge in [-0.05, 0) is 44.4 Å². The molecule has 3 nitrogen and oxygen atoms in total. The van der Waals surface area contributed by atoms with Crippen molar-refractivity contribution in [3.8, 4) is 0 Å². The number of rotatable bonds is 2. The predicted octanol–water partition coefficient (Wildman–Crippen LogP) is 3.87. The molecular weight excluding hydrogens is 312 g/mol. The number of hydrogen-bond donors (Lipinski definition) is 1. The van der Waals surface area contributed by atoms with Crippen LogP contribution in [0.2, 0.25) is 0 Å². The number of allylic oxidation sites excluding steroid dienone is 2. The standard InChI is InChI=1S/C19H27ClO3/c1-11(20)8-9-18(2)15(22)6-4-12-13-5-7-16(23)19(13,3)10-14(21)17(12)18/h8,12-13,16-17,23H,4-7,9-10H2,1-3H3/b11-8+/t12-,13-,16-,17+,18-,19-/m0/s1. The summed E-state index contributed by atoms with van der Waals surface area (Å²) in [4.78, 5) is 25.7. The van der Waals surface area contributed by atoms with E-state index in [1.807, 2.05) is 19.9 Å². The lowest BCUT2D eigenvalue weighted by Crippen LogP contribution is -2.56. The third-order valence-electron chi connectivity index (χ3n) is 7.04. The first-order valence-corrected chi connectivity index (χ1v) is 9.14. The van der Waals surface area contributed by atoms with Crippen molar-refractivity contribution in [2.24, 2.45) is 28.6 Å². The first-order chi connectivity index (χ1) is 10.7. The van der Waals surface area contributed by atoms with E-state index in [0.717, 1.165) is 19.3 Å². The molecule has 0 unspecified atom stereocenters. The average Bonchev–Trinajstić information content (AvgIpc) is 2.76.